The number of para-hydroxylation sites is 1. The number of hydrogen-bond donors (Lipinski definition) is 1. The lowest BCUT2D eigenvalue weighted by molar-refractivity contribution is 0.771. The molecule has 2 aromatic rings. The molecule has 0 saturated heterocycles. The van der Waals surface area contributed by atoms with Crippen molar-refractivity contribution in [1.82, 2.24) is 9.55 Å². The van der Waals surface area contributed by atoms with E-state index in [1.54, 1.807) is 6.20 Å². The van der Waals surface area contributed by atoms with Crippen LogP contribution in [0.3, 0.4) is 0 Å². The van der Waals surface area contributed by atoms with E-state index in [1.807, 2.05) is 35.9 Å². The van der Waals surface area contributed by atoms with Gasteiger partial charge in [-0.05, 0) is 25.5 Å². The lowest BCUT2D eigenvalue weighted by Crippen LogP contribution is -2.02. The number of aryl methyl sites for hydroxylation is 2. The van der Waals surface area contributed by atoms with Crippen LogP contribution in [0.25, 0.3) is 0 Å². The highest BCUT2D eigenvalue weighted by Crippen LogP contribution is 2.27. The molecule has 0 aliphatic rings. The normalized spacial score (nSPS) is 10.4. The summed E-state index contributed by atoms with van der Waals surface area (Å²) in [5.74, 6) is 0.818. The van der Waals surface area contributed by atoms with E-state index in [2.05, 4.69) is 17.2 Å². The number of nitrogens with one attached hydrogen (secondary N) is 1. The minimum absolute atomic E-state index is 0.714. The molecule has 0 radical (unpaired) electrons. The van der Waals surface area contributed by atoms with Crippen molar-refractivity contribution in [3.63, 3.8) is 0 Å². The number of aromatic nitrogens is 2. The van der Waals surface area contributed by atoms with Gasteiger partial charge in [0.1, 0.15) is 0 Å². The summed E-state index contributed by atoms with van der Waals surface area (Å²) in [6.07, 6.45) is 3.71. The summed E-state index contributed by atoms with van der Waals surface area (Å²) in [5.41, 5.74) is 2.03. The van der Waals surface area contributed by atoms with Gasteiger partial charge in [-0.15, -0.1) is 0 Å². The molecule has 1 aromatic heterocycles. The molecular formula is C12H14ClN3. The molecule has 0 unspecified atom stereocenters. The van der Waals surface area contributed by atoms with Crippen LogP contribution in [-0.2, 0) is 6.54 Å². The van der Waals surface area contributed by atoms with Crippen molar-refractivity contribution in [2.45, 2.75) is 20.4 Å². The van der Waals surface area contributed by atoms with Gasteiger partial charge in [-0.2, -0.15) is 0 Å². The van der Waals surface area contributed by atoms with Gasteiger partial charge in [0.15, 0.2) is 0 Å². The van der Waals surface area contributed by atoms with Gasteiger partial charge in [-0.25, -0.2) is 4.98 Å². The first kappa shape index (κ1) is 11.0. The van der Waals surface area contributed by atoms with E-state index in [-0.39, 0.29) is 0 Å². The Morgan fingerprint density at radius 3 is 2.94 bits per heavy atom. The summed E-state index contributed by atoms with van der Waals surface area (Å²) in [5, 5.41) is 3.97. The van der Waals surface area contributed by atoms with E-state index in [9.17, 15) is 0 Å². The Balaban J connectivity index is 2.34. The molecule has 0 spiro atoms. The van der Waals surface area contributed by atoms with Gasteiger partial charge in [0.25, 0.3) is 0 Å². The molecule has 1 N–H and O–H groups in total. The van der Waals surface area contributed by atoms with Crippen molar-refractivity contribution in [1.29, 1.82) is 0 Å². The van der Waals surface area contributed by atoms with Crippen LogP contribution >= 0.6 is 11.6 Å². The van der Waals surface area contributed by atoms with Crippen molar-refractivity contribution in [2.24, 2.45) is 0 Å². The average Bonchev–Trinajstić information content (AvgIpc) is 2.71. The van der Waals surface area contributed by atoms with Crippen LogP contribution in [0, 0.1) is 6.92 Å². The van der Waals surface area contributed by atoms with Crippen molar-refractivity contribution in [3.05, 3.63) is 41.2 Å². The van der Waals surface area contributed by atoms with Crippen LogP contribution in [0.2, 0.25) is 5.02 Å². The Bertz CT molecular complexity index is 471. The van der Waals surface area contributed by atoms with Gasteiger partial charge >= 0.3 is 0 Å². The van der Waals surface area contributed by atoms with Gasteiger partial charge in [0, 0.05) is 18.9 Å². The first-order valence-corrected chi connectivity index (χ1v) is 5.63. The number of nitrogens with zero attached hydrogens (tertiary/aromatic N) is 2. The molecule has 1 aromatic carbocycles. The second kappa shape index (κ2) is 4.58. The summed E-state index contributed by atoms with van der Waals surface area (Å²) >= 11 is 6.14. The largest absolute Gasteiger partial charge is 0.324 e. The third kappa shape index (κ3) is 2.04. The topological polar surface area (TPSA) is 29.9 Å². The molecular weight excluding hydrogens is 222 g/mol. The molecule has 0 fully saturated rings. The summed E-state index contributed by atoms with van der Waals surface area (Å²) in [7, 11) is 0. The Labute approximate surface area is 100 Å². The number of rotatable bonds is 3. The molecule has 0 aliphatic carbocycles. The SMILES string of the molecule is CCn1ccnc1Nc1c(C)cccc1Cl. The number of imidazole rings is 1. The maximum atomic E-state index is 6.14. The van der Waals surface area contributed by atoms with Crippen LogP contribution in [0.1, 0.15) is 12.5 Å². The zero-order valence-corrected chi connectivity index (χ0v) is 10.1. The zero-order chi connectivity index (χ0) is 11.5. The van der Waals surface area contributed by atoms with Gasteiger partial charge in [0.2, 0.25) is 5.95 Å². The predicted molar refractivity (Wildman–Crippen MR) is 67.4 cm³/mol. The molecule has 0 atom stereocenters. The maximum Gasteiger partial charge on any atom is 0.207 e. The minimum atomic E-state index is 0.714. The first-order chi connectivity index (χ1) is 7.72. The molecule has 0 aliphatic heterocycles. The van der Waals surface area contributed by atoms with Gasteiger partial charge < -0.3 is 9.88 Å². The van der Waals surface area contributed by atoms with Crippen molar-refractivity contribution in [2.75, 3.05) is 5.32 Å². The van der Waals surface area contributed by atoms with E-state index in [0.29, 0.717) is 5.02 Å². The van der Waals surface area contributed by atoms with E-state index in [0.717, 1.165) is 23.7 Å². The summed E-state index contributed by atoms with van der Waals surface area (Å²) in [6.45, 7) is 4.98. The zero-order valence-electron chi connectivity index (χ0n) is 9.37. The minimum Gasteiger partial charge on any atom is -0.324 e. The molecule has 0 saturated carbocycles. The van der Waals surface area contributed by atoms with Gasteiger partial charge in [-0.1, -0.05) is 23.7 Å². The van der Waals surface area contributed by atoms with Crippen molar-refractivity contribution < 1.29 is 0 Å². The van der Waals surface area contributed by atoms with E-state index < -0.39 is 0 Å². The Morgan fingerprint density at radius 1 is 1.44 bits per heavy atom. The van der Waals surface area contributed by atoms with Crippen LogP contribution < -0.4 is 5.32 Å². The Hall–Kier alpha value is -1.48. The second-order valence-electron chi connectivity index (χ2n) is 3.59. The highest BCUT2D eigenvalue weighted by atomic mass is 35.5. The molecule has 0 amide bonds. The molecule has 4 heteroatoms. The van der Waals surface area contributed by atoms with E-state index in [1.165, 1.54) is 0 Å². The number of hydrogen-bond acceptors (Lipinski definition) is 2. The molecule has 3 nitrogen and oxygen atoms in total. The average molecular weight is 236 g/mol. The lowest BCUT2D eigenvalue weighted by Gasteiger charge is -2.11. The summed E-state index contributed by atoms with van der Waals surface area (Å²) < 4.78 is 2.03. The van der Waals surface area contributed by atoms with Crippen LogP contribution in [0.15, 0.2) is 30.6 Å². The monoisotopic (exact) mass is 235 g/mol. The number of halogens is 1. The molecule has 0 bridgehead atoms. The molecule has 2 rings (SSSR count). The van der Waals surface area contributed by atoms with Gasteiger partial charge in [0.05, 0.1) is 10.7 Å². The smallest absolute Gasteiger partial charge is 0.207 e. The third-order valence-corrected chi connectivity index (χ3v) is 2.83. The number of anilines is 2. The lowest BCUT2D eigenvalue weighted by atomic mass is 10.2. The highest BCUT2D eigenvalue weighted by molar-refractivity contribution is 6.33. The Kier molecular flexibility index (Phi) is 3.15. The van der Waals surface area contributed by atoms with E-state index >= 15 is 0 Å². The van der Waals surface area contributed by atoms with Crippen molar-refractivity contribution in [3.8, 4) is 0 Å². The fourth-order valence-electron chi connectivity index (χ4n) is 1.59. The fraction of sp³-hybridized carbons (Fsp3) is 0.250. The number of benzene rings is 1. The first-order valence-electron chi connectivity index (χ1n) is 5.25. The van der Waals surface area contributed by atoms with Crippen LogP contribution in [-0.4, -0.2) is 9.55 Å². The molecule has 1 heterocycles. The summed E-state index contributed by atoms with van der Waals surface area (Å²) in [4.78, 5) is 4.26. The summed E-state index contributed by atoms with van der Waals surface area (Å²) in [6, 6.07) is 5.83. The van der Waals surface area contributed by atoms with Crippen LogP contribution in [0.5, 0.6) is 0 Å². The molecule has 84 valence electrons. The Morgan fingerprint density at radius 2 is 2.25 bits per heavy atom. The predicted octanol–water partition coefficient (Wildman–Crippen LogP) is 3.61. The molecule has 16 heavy (non-hydrogen) atoms. The second-order valence-corrected chi connectivity index (χ2v) is 4.00. The van der Waals surface area contributed by atoms with E-state index in [4.69, 9.17) is 11.6 Å². The standard InChI is InChI=1S/C12H14ClN3/c1-3-16-8-7-14-12(16)15-11-9(2)5-4-6-10(11)13/h4-8H,3H2,1-2H3,(H,14,15). The quantitative estimate of drug-likeness (QED) is 0.881. The van der Waals surface area contributed by atoms with Gasteiger partial charge in [-0.3, -0.25) is 0 Å². The maximum absolute atomic E-state index is 6.14. The van der Waals surface area contributed by atoms with Crippen LogP contribution in [0.4, 0.5) is 11.6 Å². The fourth-order valence-corrected chi connectivity index (χ4v) is 1.86. The third-order valence-electron chi connectivity index (χ3n) is 2.51. The highest BCUT2D eigenvalue weighted by Gasteiger charge is 2.06. The van der Waals surface area contributed by atoms with Crippen molar-refractivity contribution >= 4 is 23.2 Å².